The van der Waals surface area contributed by atoms with Crippen LogP contribution in [-0.2, 0) is 21.4 Å². The van der Waals surface area contributed by atoms with E-state index in [9.17, 15) is 13.2 Å². The molecule has 2 aromatic rings. The predicted molar refractivity (Wildman–Crippen MR) is 130 cm³/mol. The van der Waals surface area contributed by atoms with E-state index in [0.717, 1.165) is 23.5 Å². The number of fused-ring (bicyclic) bond motifs is 1. The maximum atomic E-state index is 12.9. The molecule has 1 heterocycles. The fourth-order valence-corrected chi connectivity index (χ4v) is 6.74. The van der Waals surface area contributed by atoms with Crippen molar-refractivity contribution >= 4 is 38.7 Å². The van der Waals surface area contributed by atoms with Crippen molar-refractivity contribution in [1.29, 1.82) is 0 Å². The fraction of sp³-hybridized carbons (Fsp3) is 0.652. The molecule has 1 aliphatic rings. The zero-order chi connectivity index (χ0) is 23.1. The average molecular weight is 481 g/mol. The molecule has 0 unspecified atom stereocenters. The molecule has 1 aromatic carbocycles. The van der Waals surface area contributed by atoms with Crippen LogP contribution in [0, 0.1) is 0 Å². The Morgan fingerprint density at radius 1 is 1.12 bits per heavy atom. The van der Waals surface area contributed by atoms with Crippen LogP contribution in [-0.4, -0.2) is 53.1 Å². The van der Waals surface area contributed by atoms with Crippen molar-refractivity contribution in [2.45, 2.75) is 88.4 Å². The van der Waals surface area contributed by atoms with E-state index >= 15 is 0 Å². The lowest BCUT2D eigenvalue weighted by Gasteiger charge is -2.20. The molecule has 9 heteroatoms. The van der Waals surface area contributed by atoms with E-state index in [1.807, 2.05) is 31.4 Å². The van der Waals surface area contributed by atoms with Crippen LogP contribution in [0.5, 0.6) is 0 Å². The number of nitrogens with one attached hydrogen (secondary N) is 1. The van der Waals surface area contributed by atoms with Crippen molar-refractivity contribution in [2.75, 3.05) is 18.8 Å². The number of hydrogen-bond acceptors (Lipinski definition) is 5. The van der Waals surface area contributed by atoms with Gasteiger partial charge in [0.25, 0.3) is 0 Å². The molecule has 0 spiro atoms. The molecule has 1 fully saturated rings. The van der Waals surface area contributed by atoms with E-state index in [-0.39, 0.29) is 16.8 Å². The number of benzene rings is 1. The summed E-state index contributed by atoms with van der Waals surface area (Å²) >= 11 is 1.41. The lowest BCUT2D eigenvalue weighted by atomic mass is 9.97. The van der Waals surface area contributed by atoms with E-state index in [2.05, 4.69) is 10.3 Å². The van der Waals surface area contributed by atoms with Gasteiger partial charge < -0.3 is 9.88 Å². The molecule has 1 saturated carbocycles. The summed E-state index contributed by atoms with van der Waals surface area (Å²) in [6.45, 7) is 7.25. The monoisotopic (exact) mass is 480 g/mol. The predicted octanol–water partition coefficient (Wildman–Crippen LogP) is 4.41. The van der Waals surface area contributed by atoms with Crippen molar-refractivity contribution < 1.29 is 13.2 Å². The van der Waals surface area contributed by atoms with Gasteiger partial charge in [0.1, 0.15) is 0 Å². The number of aryl methyl sites for hydroxylation is 1. The number of imidazole rings is 1. The molecule has 0 aliphatic heterocycles. The minimum absolute atomic E-state index is 0.0417. The van der Waals surface area contributed by atoms with Crippen LogP contribution in [0.4, 0.5) is 0 Å². The van der Waals surface area contributed by atoms with Crippen LogP contribution in [0.2, 0.25) is 0 Å². The number of nitrogens with zero attached hydrogens (tertiary/aromatic N) is 3. The van der Waals surface area contributed by atoms with Crippen LogP contribution in [0.25, 0.3) is 11.0 Å². The molecule has 0 bridgehead atoms. The van der Waals surface area contributed by atoms with Gasteiger partial charge in [-0.05, 0) is 38.0 Å². The second-order valence-electron chi connectivity index (χ2n) is 8.28. The second-order valence-corrected chi connectivity index (χ2v) is 11.2. The van der Waals surface area contributed by atoms with Crippen LogP contribution in [0.15, 0.2) is 28.3 Å². The third kappa shape index (κ3) is 5.85. The zero-order valence-corrected chi connectivity index (χ0v) is 21.1. The third-order valence-corrected chi connectivity index (χ3v) is 9.17. The van der Waals surface area contributed by atoms with Crippen LogP contribution >= 0.6 is 11.8 Å². The van der Waals surface area contributed by atoms with Gasteiger partial charge in [-0.2, -0.15) is 4.31 Å². The minimum Gasteiger partial charge on any atom is -0.353 e. The summed E-state index contributed by atoms with van der Waals surface area (Å²) < 4.78 is 29.2. The summed E-state index contributed by atoms with van der Waals surface area (Å²) in [5.74, 6) is 0.352. The van der Waals surface area contributed by atoms with Crippen LogP contribution in [0.3, 0.4) is 0 Å². The normalized spacial score (nSPS) is 16.2. The summed E-state index contributed by atoms with van der Waals surface area (Å²) in [7, 11) is -3.54. The Hall–Kier alpha value is -1.58. The van der Waals surface area contributed by atoms with E-state index < -0.39 is 10.0 Å². The molecule has 1 aromatic heterocycles. The number of rotatable bonds is 9. The Kier molecular flexibility index (Phi) is 9.02. The number of carbonyl (C=O) groups is 1. The number of hydrogen-bond donors (Lipinski definition) is 1. The summed E-state index contributed by atoms with van der Waals surface area (Å²) in [5, 5.41) is 3.94. The van der Waals surface area contributed by atoms with Crippen LogP contribution in [0.1, 0.15) is 65.7 Å². The van der Waals surface area contributed by atoms with Gasteiger partial charge in [0, 0.05) is 25.7 Å². The molecule has 1 aliphatic carbocycles. The quantitative estimate of drug-likeness (QED) is 0.538. The largest absolute Gasteiger partial charge is 0.353 e. The summed E-state index contributed by atoms with van der Waals surface area (Å²) in [5.41, 5.74) is 1.52. The SMILES string of the molecule is CCN(CC)S(=O)(=O)c1ccc2c(c1)nc(SCC(=O)NC1CCCCCCC1)n2CC. The molecule has 0 atom stereocenters. The zero-order valence-electron chi connectivity index (χ0n) is 19.5. The maximum Gasteiger partial charge on any atom is 0.243 e. The summed E-state index contributed by atoms with van der Waals surface area (Å²) in [6, 6.07) is 5.40. The summed E-state index contributed by atoms with van der Waals surface area (Å²) in [6.07, 6.45) is 8.31. The van der Waals surface area contributed by atoms with Gasteiger partial charge >= 0.3 is 0 Å². The number of amides is 1. The smallest absolute Gasteiger partial charge is 0.243 e. The highest BCUT2D eigenvalue weighted by molar-refractivity contribution is 7.99. The average Bonchev–Trinajstić information content (AvgIpc) is 3.11. The second kappa shape index (κ2) is 11.5. The molecule has 1 amide bonds. The molecule has 7 nitrogen and oxygen atoms in total. The maximum absolute atomic E-state index is 12.9. The van der Waals surface area contributed by atoms with Crippen LogP contribution < -0.4 is 5.32 Å². The highest BCUT2D eigenvalue weighted by atomic mass is 32.2. The molecule has 0 saturated heterocycles. The standard InChI is InChI=1S/C23H36N4O3S2/c1-4-26(5-2)32(29,30)19-14-15-21-20(16-19)25-23(27(21)6-3)31-17-22(28)24-18-12-10-8-7-9-11-13-18/h14-16,18H,4-13,17H2,1-3H3,(H,24,28). The number of aromatic nitrogens is 2. The van der Waals surface area contributed by atoms with E-state index in [4.69, 9.17) is 0 Å². The lowest BCUT2D eigenvalue weighted by molar-refractivity contribution is -0.119. The van der Waals surface area contributed by atoms with Gasteiger partial charge in [0.15, 0.2) is 5.16 Å². The number of carbonyl (C=O) groups excluding carboxylic acids is 1. The van der Waals surface area contributed by atoms with E-state index in [0.29, 0.717) is 30.9 Å². The minimum atomic E-state index is -3.54. The Morgan fingerprint density at radius 2 is 1.78 bits per heavy atom. The number of sulfonamides is 1. The van der Waals surface area contributed by atoms with Gasteiger partial charge in [0.2, 0.25) is 15.9 Å². The fourth-order valence-electron chi connectivity index (χ4n) is 4.38. The molecule has 0 radical (unpaired) electrons. The molecular formula is C23H36N4O3S2. The van der Waals surface area contributed by atoms with Crippen molar-refractivity contribution in [2.24, 2.45) is 0 Å². The van der Waals surface area contributed by atoms with E-state index in [1.54, 1.807) is 12.1 Å². The van der Waals surface area contributed by atoms with Gasteiger partial charge in [-0.3, -0.25) is 4.79 Å². The first kappa shape index (κ1) is 25.1. The Balaban J connectivity index is 1.73. The molecule has 178 valence electrons. The van der Waals surface area contributed by atoms with Crippen molar-refractivity contribution in [3.63, 3.8) is 0 Å². The van der Waals surface area contributed by atoms with Crippen molar-refractivity contribution in [1.82, 2.24) is 19.2 Å². The third-order valence-electron chi connectivity index (χ3n) is 6.15. The molecule has 3 rings (SSSR count). The first-order valence-corrected chi connectivity index (χ1v) is 14.3. The lowest BCUT2D eigenvalue weighted by Crippen LogP contribution is -2.36. The highest BCUT2D eigenvalue weighted by Crippen LogP contribution is 2.27. The van der Waals surface area contributed by atoms with Gasteiger partial charge in [-0.1, -0.05) is 57.7 Å². The Labute approximate surface area is 196 Å². The first-order valence-electron chi connectivity index (χ1n) is 11.8. The molecular weight excluding hydrogens is 444 g/mol. The molecule has 1 N–H and O–H groups in total. The van der Waals surface area contributed by atoms with Gasteiger partial charge in [-0.15, -0.1) is 0 Å². The Morgan fingerprint density at radius 3 is 2.41 bits per heavy atom. The van der Waals surface area contributed by atoms with Crippen molar-refractivity contribution in [3.05, 3.63) is 18.2 Å². The van der Waals surface area contributed by atoms with Crippen molar-refractivity contribution in [3.8, 4) is 0 Å². The first-order chi connectivity index (χ1) is 15.4. The summed E-state index contributed by atoms with van der Waals surface area (Å²) in [4.78, 5) is 17.5. The van der Waals surface area contributed by atoms with Gasteiger partial charge in [0.05, 0.1) is 21.7 Å². The van der Waals surface area contributed by atoms with Gasteiger partial charge in [-0.25, -0.2) is 13.4 Å². The Bertz CT molecular complexity index is 1010. The number of thioether (sulfide) groups is 1. The van der Waals surface area contributed by atoms with E-state index in [1.165, 1.54) is 48.2 Å². The molecule has 32 heavy (non-hydrogen) atoms. The highest BCUT2D eigenvalue weighted by Gasteiger charge is 2.23. The topological polar surface area (TPSA) is 84.3 Å².